The second-order valence-corrected chi connectivity index (χ2v) is 3.95. The van der Waals surface area contributed by atoms with Crippen molar-refractivity contribution >= 4 is 33.4 Å². The SMILES string of the molecule is O=C1CCC(=O)N1c1ccccc1CBr. The fraction of sp³-hybridized carbons (Fsp3) is 0.273. The normalized spacial score (nSPS) is 16.2. The molecule has 0 radical (unpaired) electrons. The molecule has 0 aromatic heterocycles. The predicted molar refractivity (Wildman–Crippen MR) is 60.8 cm³/mol. The first-order valence-electron chi connectivity index (χ1n) is 4.73. The summed E-state index contributed by atoms with van der Waals surface area (Å²) >= 11 is 3.35. The zero-order valence-corrected chi connectivity index (χ0v) is 9.66. The lowest BCUT2D eigenvalue weighted by Crippen LogP contribution is -2.29. The van der Waals surface area contributed by atoms with E-state index in [9.17, 15) is 9.59 Å². The van der Waals surface area contributed by atoms with Gasteiger partial charge in [0.1, 0.15) is 0 Å². The molecule has 0 N–H and O–H groups in total. The second kappa shape index (κ2) is 4.14. The maximum Gasteiger partial charge on any atom is 0.234 e. The number of rotatable bonds is 2. The predicted octanol–water partition coefficient (Wildman–Crippen LogP) is 2.23. The second-order valence-electron chi connectivity index (χ2n) is 3.39. The molecule has 0 unspecified atom stereocenters. The lowest BCUT2D eigenvalue weighted by molar-refractivity contribution is -0.121. The molecule has 2 amide bonds. The number of halogens is 1. The third-order valence-corrected chi connectivity index (χ3v) is 3.03. The van der Waals surface area contributed by atoms with Crippen LogP contribution < -0.4 is 4.90 Å². The van der Waals surface area contributed by atoms with Crippen LogP contribution in [0.25, 0.3) is 0 Å². The number of anilines is 1. The Hall–Kier alpha value is -1.16. The summed E-state index contributed by atoms with van der Waals surface area (Å²) in [4.78, 5) is 24.4. The summed E-state index contributed by atoms with van der Waals surface area (Å²) < 4.78 is 0. The third kappa shape index (κ3) is 1.81. The highest BCUT2D eigenvalue weighted by molar-refractivity contribution is 9.08. The van der Waals surface area contributed by atoms with Crippen molar-refractivity contribution in [2.45, 2.75) is 18.2 Å². The molecule has 3 nitrogen and oxygen atoms in total. The lowest BCUT2D eigenvalue weighted by Gasteiger charge is -2.16. The fourth-order valence-electron chi connectivity index (χ4n) is 1.69. The highest BCUT2D eigenvalue weighted by Gasteiger charge is 2.31. The first-order valence-corrected chi connectivity index (χ1v) is 5.86. The Morgan fingerprint density at radius 1 is 1.13 bits per heavy atom. The molecule has 15 heavy (non-hydrogen) atoms. The minimum Gasteiger partial charge on any atom is -0.274 e. The van der Waals surface area contributed by atoms with E-state index in [1.54, 1.807) is 6.07 Å². The van der Waals surface area contributed by atoms with E-state index in [0.29, 0.717) is 23.9 Å². The summed E-state index contributed by atoms with van der Waals surface area (Å²) in [5.74, 6) is -0.207. The van der Waals surface area contributed by atoms with E-state index < -0.39 is 0 Å². The highest BCUT2D eigenvalue weighted by atomic mass is 79.9. The van der Waals surface area contributed by atoms with E-state index in [2.05, 4.69) is 15.9 Å². The summed E-state index contributed by atoms with van der Waals surface area (Å²) in [5.41, 5.74) is 1.67. The molecule has 1 aliphatic heterocycles. The molecule has 1 aromatic carbocycles. The molecule has 4 heteroatoms. The van der Waals surface area contributed by atoms with Crippen LogP contribution in [-0.4, -0.2) is 11.8 Å². The van der Waals surface area contributed by atoms with Crippen LogP contribution in [0.1, 0.15) is 18.4 Å². The van der Waals surface area contributed by atoms with Crippen molar-refractivity contribution in [2.75, 3.05) is 4.90 Å². The van der Waals surface area contributed by atoms with Crippen molar-refractivity contribution in [3.05, 3.63) is 29.8 Å². The summed E-state index contributed by atoms with van der Waals surface area (Å²) in [7, 11) is 0. The standard InChI is InChI=1S/C11H10BrNO2/c12-7-8-3-1-2-4-9(8)13-10(14)5-6-11(13)15/h1-4H,5-7H2. The Bertz CT molecular complexity index is 401. The van der Waals surface area contributed by atoms with Gasteiger partial charge >= 0.3 is 0 Å². The van der Waals surface area contributed by atoms with Crippen molar-refractivity contribution in [3.63, 3.8) is 0 Å². The van der Waals surface area contributed by atoms with E-state index in [0.717, 1.165) is 5.56 Å². The lowest BCUT2D eigenvalue weighted by atomic mass is 10.2. The summed E-state index contributed by atoms with van der Waals surface area (Å²) in [5, 5.41) is 0.639. The summed E-state index contributed by atoms with van der Waals surface area (Å²) in [6.45, 7) is 0. The van der Waals surface area contributed by atoms with Gasteiger partial charge in [-0.2, -0.15) is 0 Å². The molecule has 0 bridgehead atoms. The van der Waals surface area contributed by atoms with Gasteiger partial charge in [-0.25, -0.2) is 0 Å². The number of hydrogen-bond donors (Lipinski definition) is 0. The Morgan fingerprint density at radius 2 is 1.73 bits per heavy atom. The number of amides is 2. The van der Waals surface area contributed by atoms with Crippen LogP contribution in [0, 0.1) is 0 Å². The maximum atomic E-state index is 11.5. The molecule has 0 atom stereocenters. The Labute approximate surface area is 96.2 Å². The van der Waals surface area contributed by atoms with Gasteiger partial charge < -0.3 is 0 Å². The number of benzene rings is 1. The van der Waals surface area contributed by atoms with Gasteiger partial charge in [-0.1, -0.05) is 34.1 Å². The number of carbonyl (C=O) groups excluding carboxylic acids is 2. The van der Waals surface area contributed by atoms with Gasteiger partial charge in [0.2, 0.25) is 11.8 Å². The van der Waals surface area contributed by atoms with Gasteiger partial charge in [0.15, 0.2) is 0 Å². The van der Waals surface area contributed by atoms with Gasteiger partial charge in [0.25, 0.3) is 0 Å². The molecule has 1 fully saturated rings. The molecule has 1 aliphatic rings. The van der Waals surface area contributed by atoms with E-state index in [4.69, 9.17) is 0 Å². The largest absolute Gasteiger partial charge is 0.274 e. The molecule has 0 saturated carbocycles. The van der Waals surface area contributed by atoms with Crippen molar-refractivity contribution in [1.29, 1.82) is 0 Å². The van der Waals surface area contributed by atoms with E-state index in [1.165, 1.54) is 4.90 Å². The number of hydrogen-bond acceptors (Lipinski definition) is 2. The monoisotopic (exact) mass is 267 g/mol. The van der Waals surface area contributed by atoms with Crippen LogP contribution in [-0.2, 0) is 14.9 Å². The summed E-state index contributed by atoms with van der Waals surface area (Å²) in [6.07, 6.45) is 0.658. The minimum absolute atomic E-state index is 0.103. The van der Waals surface area contributed by atoms with Gasteiger partial charge in [0, 0.05) is 18.2 Å². The molecule has 2 rings (SSSR count). The zero-order valence-electron chi connectivity index (χ0n) is 8.07. The first kappa shape index (κ1) is 10.4. The van der Waals surface area contributed by atoms with Crippen LogP contribution >= 0.6 is 15.9 Å². The van der Waals surface area contributed by atoms with E-state index >= 15 is 0 Å². The molecular weight excluding hydrogens is 258 g/mol. The van der Waals surface area contributed by atoms with Crippen molar-refractivity contribution < 1.29 is 9.59 Å². The average molecular weight is 268 g/mol. The minimum atomic E-state index is -0.103. The molecule has 1 aromatic rings. The van der Waals surface area contributed by atoms with Crippen molar-refractivity contribution in [1.82, 2.24) is 0 Å². The zero-order chi connectivity index (χ0) is 10.8. The fourth-order valence-corrected chi connectivity index (χ4v) is 2.16. The molecule has 0 aliphatic carbocycles. The van der Waals surface area contributed by atoms with Crippen LogP contribution in [0.3, 0.4) is 0 Å². The van der Waals surface area contributed by atoms with Crippen molar-refractivity contribution in [3.8, 4) is 0 Å². The van der Waals surface area contributed by atoms with Crippen molar-refractivity contribution in [2.24, 2.45) is 0 Å². The number of carbonyl (C=O) groups is 2. The van der Waals surface area contributed by atoms with Gasteiger partial charge in [-0.3, -0.25) is 14.5 Å². The number of nitrogens with zero attached hydrogens (tertiary/aromatic N) is 1. The van der Waals surface area contributed by atoms with E-state index in [1.807, 2.05) is 18.2 Å². The number of alkyl halides is 1. The Morgan fingerprint density at radius 3 is 2.33 bits per heavy atom. The molecule has 0 spiro atoms. The summed E-state index contributed by atoms with van der Waals surface area (Å²) in [6, 6.07) is 7.44. The average Bonchev–Trinajstić information content (AvgIpc) is 2.59. The Kier molecular flexibility index (Phi) is 2.86. The number of para-hydroxylation sites is 1. The topological polar surface area (TPSA) is 37.4 Å². The molecule has 78 valence electrons. The smallest absolute Gasteiger partial charge is 0.234 e. The van der Waals surface area contributed by atoms with E-state index in [-0.39, 0.29) is 11.8 Å². The maximum absolute atomic E-state index is 11.5. The highest BCUT2D eigenvalue weighted by Crippen LogP contribution is 2.27. The van der Waals surface area contributed by atoms with Gasteiger partial charge in [-0.05, 0) is 11.6 Å². The molecular formula is C11H10BrNO2. The quantitative estimate of drug-likeness (QED) is 0.609. The third-order valence-electron chi connectivity index (χ3n) is 2.43. The van der Waals surface area contributed by atoms with Gasteiger partial charge in [0.05, 0.1) is 5.69 Å². The van der Waals surface area contributed by atoms with Crippen LogP contribution in [0.4, 0.5) is 5.69 Å². The van der Waals surface area contributed by atoms with Crippen LogP contribution in [0.15, 0.2) is 24.3 Å². The molecule has 1 heterocycles. The number of imide groups is 1. The van der Waals surface area contributed by atoms with Crippen LogP contribution in [0.2, 0.25) is 0 Å². The van der Waals surface area contributed by atoms with Gasteiger partial charge in [-0.15, -0.1) is 0 Å². The Balaban J connectivity index is 2.44. The van der Waals surface area contributed by atoms with Crippen LogP contribution in [0.5, 0.6) is 0 Å². The molecule has 1 saturated heterocycles. The first-order chi connectivity index (χ1) is 7.24.